The molecule has 0 fully saturated rings. The van der Waals surface area contributed by atoms with E-state index in [0.29, 0.717) is 17.8 Å². The molecule has 0 saturated heterocycles. The summed E-state index contributed by atoms with van der Waals surface area (Å²) in [5, 5.41) is 17.8. The largest absolute Gasteiger partial charge is 0.480 e. The Labute approximate surface area is 156 Å². The number of hydrogen-bond donors (Lipinski definition) is 3. The monoisotopic (exact) mass is 374 g/mol. The van der Waals surface area contributed by atoms with Gasteiger partial charge in [-0.2, -0.15) is 4.98 Å². The third kappa shape index (κ3) is 5.63. The summed E-state index contributed by atoms with van der Waals surface area (Å²) in [6.07, 6.45) is 0.300. The fourth-order valence-electron chi connectivity index (χ4n) is 2.47. The summed E-state index contributed by atoms with van der Waals surface area (Å²) in [5.41, 5.74) is 0.713. The van der Waals surface area contributed by atoms with Crippen LogP contribution in [0.2, 0.25) is 0 Å². The Morgan fingerprint density at radius 3 is 2.52 bits per heavy atom. The molecule has 1 aromatic heterocycles. The highest BCUT2D eigenvalue weighted by Gasteiger charge is 2.22. The number of nitrogens with zero attached hydrogens (tertiary/aromatic N) is 2. The minimum atomic E-state index is -1.11. The lowest BCUT2D eigenvalue weighted by molar-refractivity contribution is -0.142. The number of aryl methyl sites for hydroxylation is 1. The van der Waals surface area contributed by atoms with Crippen molar-refractivity contribution >= 4 is 17.8 Å². The van der Waals surface area contributed by atoms with Gasteiger partial charge in [-0.3, -0.25) is 9.59 Å². The zero-order valence-electron chi connectivity index (χ0n) is 15.4. The molecule has 2 rings (SSSR count). The molecular formula is C18H22N4O5. The molecule has 9 heteroatoms. The quantitative estimate of drug-likeness (QED) is 0.635. The number of amides is 2. The standard InChI is InChI=1S/C18H22N4O5/c1-10(2)8-14(18(25)26)21-15(23)9-19-16(24)12-6-4-5-7-13(12)17-20-11(3)22-27-17/h4-7,10,14H,8-9H2,1-3H3,(H,19,24)(H,21,23)(H,25,26)/t14-/m0/s1. The molecule has 144 valence electrons. The lowest BCUT2D eigenvalue weighted by Gasteiger charge is -2.16. The van der Waals surface area contributed by atoms with Crippen LogP contribution < -0.4 is 10.6 Å². The average molecular weight is 374 g/mol. The number of carbonyl (C=O) groups excluding carboxylic acids is 2. The lowest BCUT2D eigenvalue weighted by Crippen LogP contribution is -2.46. The van der Waals surface area contributed by atoms with E-state index in [1.807, 2.05) is 13.8 Å². The van der Waals surface area contributed by atoms with Gasteiger partial charge in [0.2, 0.25) is 5.91 Å². The number of carboxylic acids is 1. The Hall–Kier alpha value is -3.23. The highest BCUT2D eigenvalue weighted by molar-refractivity contribution is 6.01. The molecule has 9 nitrogen and oxygen atoms in total. The summed E-state index contributed by atoms with van der Waals surface area (Å²) < 4.78 is 5.10. The van der Waals surface area contributed by atoms with Crippen molar-refractivity contribution in [3.05, 3.63) is 35.7 Å². The topological polar surface area (TPSA) is 134 Å². The number of carbonyl (C=O) groups is 3. The van der Waals surface area contributed by atoms with E-state index >= 15 is 0 Å². The maximum atomic E-state index is 12.5. The fourth-order valence-corrected chi connectivity index (χ4v) is 2.47. The predicted molar refractivity (Wildman–Crippen MR) is 95.8 cm³/mol. The summed E-state index contributed by atoms with van der Waals surface area (Å²) >= 11 is 0. The number of carboxylic acid groups (broad SMARTS) is 1. The third-order valence-corrected chi connectivity index (χ3v) is 3.68. The van der Waals surface area contributed by atoms with Gasteiger partial charge in [0.15, 0.2) is 5.82 Å². The molecule has 1 heterocycles. The highest BCUT2D eigenvalue weighted by Crippen LogP contribution is 2.21. The second kappa shape index (κ2) is 8.93. The van der Waals surface area contributed by atoms with Crippen molar-refractivity contribution in [2.24, 2.45) is 5.92 Å². The summed E-state index contributed by atoms with van der Waals surface area (Å²) in [5.74, 6) is -1.46. The van der Waals surface area contributed by atoms with Crippen LogP contribution in [0.15, 0.2) is 28.8 Å². The molecule has 27 heavy (non-hydrogen) atoms. The van der Waals surface area contributed by atoms with Crippen LogP contribution in [0, 0.1) is 12.8 Å². The molecule has 0 aliphatic heterocycles. The Bertz CT molecular complexity index is 831. The Morgan fingerprint density at radius 2 is 1.93 bits per heavy atom. The SMILES string of the molecule is Cc1noc(-c2ccccc2C(=O)NCC(=O)N[C@@H](CC(C)C)C(=O)O)n1. The van der Waals surface area contributed by atoms with Gasteiger partial charge in [-0.05, 0) is 31.4 Å². The van der Waals surface area contributed by atoms with Crippen LogP contribution in [-0.2, 0) is 9.59 Å². The Kier molecular flexibility index (Phi) is 6.64. The van der Waals surface area contributed by atoms with Crippen molar-refractivity contribution in [2.75, 3.05) is 6.54 Å². The molecule has 0 saturated carbocycles. The number of hydrogen-bond acceptors (Lipinski definition) is 6. The minimum Gasteiger partial charge on any atom is -0.480 e. The molecule has 2 aromatic rings. The van der Waals surface area contributed by atoms with Crippen LogP contribution in [0.5, 0.6) is 0 Å². The van der Waals surface area contributed by atoms with Crippen LogP contribution in [0.1, 0.15) is 36.5 Å². The third-order valence-electron chi connectivity index (χ3n) is 3.68. The van der Waals surface area contributed by atoms with E-state index in [2.05, 4.69) is 20.8 Å². The van der Waals surface area contributed by atoms with Gasteiger partial charge in [0, 0.05) is 0 Å². The first-order valence-electron chi connectivity index (χ1n) is 8.48. The molecular weight excluding hydrogens is 352 g/mol. The second-order valence-electron chi connectivity index (χ2n) is 6.46. The summed E-state index contributed by atoms with van der Waals surface area (Å²) in [6.45, 7) is 5.04. The molecule has 0 aliphatic carbocycles. The number of benzene rings is 1. The number of nitrogens with one attached hydrogen (secondary N) is 2. The van der Waals surface area contributed by atoms with E-state index in [0.717, 1.165) is 0 Å². The maximum absolute atomic E-state index is 12.5. The number of aromatic nitrogens is 2. The maximum Gasteiger partial charge on any atom is 0.326 e. The molecule has 2 amide bonds. The minimum absolute atomic E-state index is 0.103. The van der Waals surface area contributed by atoms with E-state index in [-0.39, 0.29) is 23.9 Å². The highest BCUT2D eigenvalue weighted by atomic mass is 16.5. The molecule has 0 radical (unpaired) electrons. The predicted octanol–water partition coefficient (Wildman–Crippen LogP) is 1.39. The van der Waals surface area contributed by atoms with E-state index in [9.17, 15) is 14.4 Å². The fraction of sp³-hybridized carbons (Fsp3) is 0.389. The van der Waals surface area contributed by atoms with Crippen molar-refractivity contribution in [3.63, 3.8) is 0 Å². The van der Waals surface area contributed by atoms with Crippen molar-refractivity contribution < 1.29 is 24.0 Å². The van der Waals surface area contributed by atoms with Gasteiger partial charge in [0.25, 0.3) is 11.8 Å². The van der Waals surface area contributed by atoms with Crippen LogP contribution in [0.25, 0.3) is 11.5 Å². The Balaban J connectivity index is 2.02. The first kappa shape index (κ1) is 20.1. The summed E-state index contributed by atoms with van der Waals surface area (Å²) in [7, 11) is 0. The van der Waals surface area contributed by atoms with Gasteiger partial charge < -0.3 is 20.3 Å². The molecule has 3 N–H and O–H groups in total. The molecule has 0 aliphatic rings. The van der Waals surface area contributed by atoms with Gasteiger partial charge in [-0.1, -0.05) is 31.1 Å². The van der Waals surface area contributed by atoms with Crippen LogP contribution in [0.3, 0.4) is 0 Å². The van der Waals surface area contributed by atoms with E-state index < -0.39 is 23.8 Å². The zero-order valence-corrected chi connectivity index (χ0v) is 15.4. The molecule has 0 spiro atoms. The first-order chi connectivity index (χ1) is 12.8. The van der Waals surface area contributed by atoms with E-state index in [4.69, 9.17) is 9.63 Å². The molecule has 1 atom stereocenters. The Morgan fingerprint density at radius 1 is 1.22 bits per heavy atom. The smallest absolute Gasteiger partial charge is 0.326 e. The zero-order chi connectivity index (χ0) is 20.0. The normalized spacial score (nSPS) is 11.9. The van der Waals surface area contributed by atoms with Crippen LogP contribution >= 0.6 is 0 Å². The van der Waals surface area contributed by atoms with Crippen LogP contribution in [-0.4, -0.2) is 45.6 Å². The summed E-state index contributed by atoms with van der Waals surface area (Å²) in [6, 6.07) is 5.63. The second-order valence-corrected chi connectivity index (χ2v) is 6.46. The van der Waals surface area contributed by atoms with Crippen molar-refractivity contribution in [1.82, 2.24) is 20.8 Å². The van der Waals surface area contributed by atoms with Gasteiger partial charge in [-0.15, -0.1) is 0 Å². The van der Waals surface area contributed by atoms with E-state index in [1.165, 1.54) is 0 Å². The first-order valence-corrected chi connectivity index (χ1v) is 8.48. The van der Waals surface area contributed by atoms with Crippen molar-refractivity contribution in [3.8, 4) is 11.5 Å². The van der Waals surface area contributed by atoms with Gasteiger partial charge in [0.1, 0.15) is 6.04 Å². The number of rotatable bonds is 8. The van der Waals surface area contributed by atoms with E-state index in [1.54, 1.807) is 31.2 Å². The lowest BCUT2D eigenvalue weighted by atomic mass is 10.0. The number of aliphatic carboxylic acids is 1. The van der Waals surface area contributed by atoms with Gasteiger partial charge in [-0.25, -0.2) is 4.79 Å². The van der Waals surface area contributed by atoms with Gasteiger partial charge >= 0.3 is 5.97 Å². The molecule has 0 bridgehead atoms. The molecule has 0 unspecified atom stereocenters. The summed E-state index contributed by atoms with van der Waals surface area (Å²) in [4.78, 5) is 39.8. The van der Waals surface area contributed by atoms with Gasteiger partial charge in [0.05, 0.1) is 17.7 Å². The molecule has 1 aromatic carbocycles. The van der Waals surface area contributed by atoms with Crippen LogP contribution in [0.4, 0.5) is 0 Å². The average Bonchev–Trinajstić information content (AvgIpc) is 3.05. The van der Waals surface area contributed by atoms with Crippen molar-refractivity contribution in [2.45, 2.75) is 33.2 Å². The van der Waals surface area contributed by atoms with Crippen molar-refractivity contribution in [1.29, 1.82) is 0 Å².